The minimum absolute atomic E-state index is 0.00777. The van der Waals surface area contributed by atoms with Gasteiger partial charge in [-0.25, -0.2) is 0 Å². The van der Waals surface area contributed by atoms with Gasteiger partial charge in [0.1, 0.15) is 6.61 Å². The van der Waals surface area contributed by atoms with Crippen LogP contribution in [0.2, 0.25) is 0 Å². The van der Waals surface area contributed by atoms with E-state index < -0.39 is 0 Å². The van der Waals surface area contributed by atoms with Gasteiger partial charge in [-0.3, -0.25) is 19.3 Å². The average Bonchev–Trinajstić information content (AvgIpc) is 3.16. The molecule has 0 spiro atoms. The largest absolute Gasteiger partial charge is 0.466 e. The van der Waals surface area contributed by atoms with E-state index in [4.69, 9.17) is 14.2 Å². The van der Waals surface area contributed by atoms with Gasteiger partial charge in [0.2, 0.25) is 0 Å². The van der Waals surface area contributed by atoms with Crippen molar-refractivity contribution in [3.63, 3.8) is 0 Å². The van der Waals surface area contributed by atoms with Crippen molar-refractivity contribution >= 4 is 17.9 Å². The fourth-order valence-corrected chi connectivity index (χ4v) is 7.30. The van der Waals surface area contributed by atoms with E-state index in [1.54, 1.807) is 0 Å². The number of ether oxygens (including phenoxy) is 3. The topological polar surface area (TPSA) is 82.1 Å². The van der Waals surface area contributed by atoms with Crippen molar-refractivity contribution < 1.29 is 28.6 Å². The lowest BCUT2D eigenvalue weighted by atomic mass is 9.94. The summed E-state index contributed by atoms with van der Waals surface area (Å²) < 4.78 is 16.9. The highest BCUT2D eigenvalue weighted by Gasteiger charge is 2.20. The molecule has 0 radical (unpaired) electrons. The number of piperidine rings is 1. The molecule has 0 bridgehead atoms. The van der Waals surface area contributed by atoms with E-state index in [2.05, 4.69) is 49.4 Å². The number of esters is 3. The number of allylic oxidation sites excluding steroid dienone is 1. The zero-order valence-corrected chi connectivity index (χ0v) is 35.2. The van der Waals surface area contributed by atoms with Gasteiger partial charge >= 0.3 is 17.9 Å². The normalized spacial score (nSPS) is 14.6. The molecule has 7 heteroatoms. The Bertz CT molecular complexity index is 1060. The van der Waals surface area contributed by atoms with Gasteiger partial charge in [-0.2, -0.15) is 0 Å². The summed E-state index contributed by atoms with van der Waals surface area (Å²) in [5.41, 5.74) is 8.25. The van der Waals surface area contributed by atoms with Crippen LogP contribution in [0.15, 0.2) is 29.8 Å². The van der Waals surface area contributed by atoms with E-state index >= 15 is 0 Å². The minimum Gasteiger partial charge on any atom is -0.466 e. The number of rotatable bonds is 35. The van der Waals surface area contributed by atoms with Crippen LogP contribution >= 0.6 is 0 Å². The second-order valence-electron chi connectivity index (χ2n) is 15.9. The van der Waals surface area contributed by atoms with E-state index in [-0.39, 0.29) is 29.7 Å². The number of likely N-dealkylation sites (tertiary alicyclic amines) is 1. The summed E-state index contributed by atoms with van der Waals surface area (Å²) in [5.74, 6) is 0.319. The molecule has 0 aromatic carbocycles. The van der Waals surface area contributed by atoms with Crippen molar-refractivity contribution in [2.75, 3.05) is 39.5 Å². The fraction of sp³-hybridized carbons (Fsp3) is 0.830. The first-order chi connectivity index (χ1) is 26.4. The Labute approximate surface area is 331 Å². The Morgan fingerprint density at radius 3 is 1.72 bits per heavy atom. The average molecular weight is 756 g/mol. The lowest BCUT2D eigenvalue weighted by Crippen LogP contribution is -2.33. The summed E-state index contributed by atoms with van der Waals surface area (Å²) in [6.45, 7) is 14.6. The van der Waals surface area contributed by atoms with Crippen LogP contribution in [0.4, 0.5) is 0 Å². The summed E-state index contributed by atoms with van der Waals surface area (Å²) in [6, 6.07) is 0. The van der Waals surface area contributed by atoms with Gasteiger partial charge in [0.25, 0.3) is 0 Å². The first kappa shape index (κ1) is 49.5. The molecule has 7 nitrogen and oxygen atoms in total. The van der Waals surface area contributed by atoms with Gasteiger partial charge in [0.05, 0.1) is 25.6 Å². The smallest absolute Gasteiger partial charge is 0.308 e. The molecule has 0 aliphatic carbocycles. The zero-order valence-electron chi connectivity index (χ0n) is 35.2. The summed E-state index contributed by atoms with van der Waals surface area (Å²) in [6.07, 6.45) is 30.3. The second kappa shape index (κ2) is 36.1. The van der Waals surface area contributed by atoms with Gasteiger partial charge < -0.3 is 14.2 Å². The first-order valence-corrected chi connectivity index (χ1v) is 22.5. The predicted octanol–water partition coefficient (Wildman–Crippen LogP) is 12.0. The van der Waals surface area contributed by atoms with E-state index in [0.717, 1.165) is 142 Å². The number of carbonyl (C=O) groups excluding carboxylic acids is 3. The third kappa shape index (κ3) is 29.8. The van der Waals surface area contributed by atoms with Crippen LogP contribution in [0.3, 0.4) is 0 Å². The number of hydrogen-bond acceptors (Lipinski definition) is 7. The van der Waals surface area contributed by atoms with Crippen LogP contribution < -0.4 is 0 Å². The Hall–Kier alpha value is -2.55. The Morgan fingerprint density at radius 1 is 0.630 bits per heavy atom. The van der Waals surface area contributed by atoms with Gasteiger partial charge in [0, 0.05) is 13.0 Å². The monoisotopic (exact) mass is 756 g/mol. The summed E-state index contributed by atoms with van der Waals surface area (Å²) >= 11 is 0. The van der Waals surface area contributed by atoms with Crippen molar-refractivity contribution in [2.45, 2.75) is 194 Å². The lowest BCUT2D eigenvalue weighted by Gasteiger charge is -2.26. The molecule has 1 aliphatic rings. The molecule has 0 saturated carbocycles. The number of unbranched alkanes of at least 4 members (excludes halogenated alkanes) is 14. The molecule has 3 unspecified atom stereocenters. The van der Waals surface area contributed by atoms with Crippen LogP contribution in [0.5, 0.6) is 0 Å². The molecule has 0 aromatic rings. The van der Waals surface area contributed by atoms with E-state index in [1.807, 2.05) is 6.08 Å². The van der Waals surface area contributed by atoms with Crippen LogP contribution in [0.1, 0.15) is 194 Å². The van der Waals surface area contributed by atoms with Crippen LogP contribution in [-0.4, -0.2) is 62.3 Å². The zero-order chi connectivity index (χ0) is 39.3. The summed E-state index contributed by atoms with van der Waals surface area (Å²) in [4.78, 5) is 40.1. The molecule has 0 amide bonds. The Morgan fingerprint density at radius 2 is 1.15 bits per heavy atom. The minimum atomic E-state index is -0.137. The Balaban J connectivity index is 2.28. The maximum Gasteiger partial charge on any atom is 0.308 e. The van der Waals surface area contributed by atoms with Crippen molar-refractivity contribution in [2.24, 2.45) is 17.8 Å². The molecule has 54 heavy (non-hydrogen) atoms. The quantitative estimate of drug-likeness (QED) is 0.0276. The third-order valence-electron chi connectivity index (χ3n) is 10.8. The number of nitrogens with zero attached hydrogens (tertiary/aromatic N) is 1. The van der Waals surface area contributed by atoms with Crippen LogP contribution in [-0.2, 0) is 28.6 Å². The van der Waals surface area contributed by atoms with E-state index in [9.17, 15) is 14.4 Å². The predicted molar refractivity (Wildman–Crippen MR) is 222 cm³/mol. The number of carbonyl (C=O) groups is 3. The molecule has 310 valence electrons. The maximum absolute atomic E-state index is 13.2. The third-order valence-corrected chi connectivity index (χ3v) is 10.8. The number of hydrogen-bond donors (Lipinski definition) is 0. The highest BCUT2D eigenvalue weighted by Crippen LogP contribution is 2.22. The standard InChI is InChI=1S/C47H81NO6/c1-5-8-20-29-42(4)40-45(49)52-37-27-17-13-11-15-23-32-44(47(51)54-39-36-48-34-25-19-26-35-48)33-24-16-12-14-18-28-38-53-46(50)41-43(30-21-9-6-2)31-22-10-7-3/h30,42-44H,2,5,7-8,10-20,22-29,31-41H2,1,3-4H3. The van der Waals surface area contributed by atoms with Crippen molar-refractivity contribution in [1.82, 2.24) is 4.90 Å². The molecular weight excluding hydrogens is 675 g/mol. The lowest BCUT2D eigenvalue weighted by molar-refractivity contribution is -0.150. The molecule has 1 heterocycles. The second-order valence-corrected chi connectivity index (χ2v) is 15.9. The van der Waals surface area contributed by atoms with Crippen molar-refractivity contribution in [3.8, 4) is 0 Å². The van der Waals surface area contributed by atoms with Crippen LogP contribution in [0, 0.1) is 17.8 Å². The molecule has 0 N–H and O–H groups in total. The molecule has 0 aromatic heterocycles. The molecule has 1 aliphatic heterocycles. The SMILES string of the molecule is C=C=C=C=CC(CCCCC)CC(=O)OCCCCCCCCC(CCCCCCCCOC(=O)CC(C)CCCCC)C(=O)OCCN1CCCCC1. The highest BCUT2D eigenvalue weighted by molar-refractivity contribution is 5.72. The highest BCUT2D eigenvalue weighted by atomic mass is 16.5. The van der Waals surface area contributed by atoms with E-state index in [1.165, 1.54) is 38.5 Å². The van der Waals surface area contributed by atoms with Crippen molar-refractivity contribution in [3.05, 3.63) is 29.8 Å². The molecular formula is C47H81NO6. The van der Waals surface area contributed by atoms with Gasteiger partial charge in [-0.1, -0.05) is 148 Å². The summed E-state index contributed by atoms with van der Waals surface area (Å²) in [5, 5.41) is 0. The maximum atomic E-state index is 13.2. The van der Waals surface area contributed by atoms with Gasteiger partial charge in [0.15, 0.2) is 0 Å². The van der Waals surface area contributed by atoms with Crippen molar-refractivity contribution in [1.29, 1.82) is 0 Å². The molecule has 1 rings (SSSR count). The first-order valence-electron chi connectivity index (χ1n) is 22.5. The van der Waals surface area contributed by atoms with Crippen LogP contribution in [0.25, 0.3) is 0 Å². The fourth-order valence-electron chi connectivity index (χ4n) is 7.30. The van der Waals surface area contributed by atoms with E-state index in [0.29, 0.717) is 38.6 Å². The molecule has 1 fully saturated rings. The molecule has 1 saturated heterocycles. The van der Waals surface area contributed by atoms with Gasteiger partial charge in [-0.05, 0) is 88.3 Å². The van der Waals surface area contributed by atoms with Gasteiger partial charge in [-0.15, -0.1) is 0 Å². The molecule has 3 atom stereocenters. The Kier molecular flexibility index (Phi) is 33.1. The summed E-state index contributed by atoms with van der Waals surface area (Å²) in [7, 11) is 0.